The maximum atomic E-state index is 14.1. The van der Waals surface area contributed by atoms with Gasteiger partial charge in [0.05, 0.1) is 30.0 Å². The van der Waals surface area contributed by atoms with Gasteiger partial charge in [-0.1, -0.05) is 17.7 Å². The molecule has 0 saturated carbocycles. The summed E-state index contributed by atoms with van der Waals surface area (Å²) >= 11 is 6.13. The molecule has 1 unspecified atom stereocenters. The Morgan fingerprint density at radius 3 is 2.54 bits per heavy atom. The van der Waals surface area contributed by atoms with E-state index >= 15 is 0 Å². The molecule has 2 aromatic rings. The number of hydrogen-bond acceptors (Lipinski definition) is 5. The Hall–Kier alpha value is -2.96. The lowest BCUT2D eigenvalue weighted by Crippen LogP contribution is -2.38. The number of aromatic nitrogens is 1. The van der Waals surface area contributed by atoms with E-state index < -0.39 is 47.7 Å². The number of alkyl halides is 5. The number of pyridine rings is 1. The molecule has 0 bridgehead atoms. The van der Waals surface area contributed by atoms with Gasteiger partial charge in [0.2, 0.25) is 0 Å². The number of benzene rings is 1. The number of amides is 2. The monoisotopic (exact) mass is 521 g/mol. The molecule has 1 aromatic carbocycles. The summed E-state index contributed by atoms with van der Waals surface area (Å²) in [4.78, 5) is 17.9. The van der Waals surface area contributed by atoms with Gasteiger partial charge < -0.3 is 25.2 Å². The molecule has 35 heavy (non-hydrogen) atoms. The van der Waals surface area contributed by atoms with Crippen molar-refractivity contribution in [2.75, 3.05) is 32.1 Å². The van der Waals surface area contributed by atoms with Crippen LogP contribution < -0.4 is 10.1 Å². The normalized spacial score (nSPS) is 15.5. The number of nitrogens with zero attached hydrogens (tertiary/aromatic N) is 2. The maximum Gasteiger partial charge on any atom is 0.419 e. The molecule has 0 spiro atoms. The van der Waals surface area contributed by atoms with Crippen LogP contribution in [0.25, 0.3) is 5.57 Å². The van der Waals surface area contributed by atoms with Crippen molar-refractivity contribution in [1.29, 1.82) is 0 Å². The highest BCUT2D eigenvalue weighted by molar-refractivity contribution is 6.32. The van der Waals surface area contributed by atoms with Gasteiger partial charge in [-0.25, -0.2) is 4.79 Å². The molecule has 190 valence electrons. The van der Waals surface area contributed by atoms with Crippen molar-refractivity contribution in [1.82, 2.24) is 9.88 Å². The number of halogens is 6. The number of ether oxygens (including phenoxy) is 1. The van der Waals surface area contributed by atoms with E-state index in [9.17, 15) is 31.9 Å². The fraction of sp³-hybridized carbons (Fsp3) is 0.364. The zero-order valence-corrected chi connectivity index (χ0v) is 19.0. The minimum atomic E-state index is -4.61. The Morgan fingerprint density at radius 2 is 2.00 bits per heavy atom. The van der Waals surface area contributed by atoms with E-state index in [1.165, 1.54) is 4.90 Å². The minimum Gasteiger partial charge on any atom is -0.496 e. The second-order valence-corrected chi connectivity index (χ2v) is 8.05. The number of anilines is 1. The molecule has 0 aliphatic carbocycles. The van der Waals surface area contributed by atoms with Crippen molar-refractivity contribution < 1.29 is 41.7 Å². The van der Waals surface area contributed by atoms with Crippen LogP contribution in [0.15, 0.2) is 36.5 Å². The highest BCUT2D eigenvalue weighted by Crippen LogP contribution is 2.38. The molecule has 0 fully saturated rings. The lowest BCUT2D eigenvalue weighted by molar-refractivity contribution is -0.138. The number of hydrogen-bond donors (Lipinski definition) is 3. The molecule has 3 N–H and O–H groups in total. The van der Waals surface area contributed by atoms with Gasteiger partial charge in [-0.05, 0) is 30.2 Å². The zero-order valence-electron chi connectivity index (χ0n) is 18.2. The molecule has 3 rings (SSSR count). The summed E-state index contributed by atoms with van der Waals surface area (Å²) in [6.45, 7) is -0.832. The molecule has 2 amide bonds. The van der Waals surface area contributed by atoms with Gasteiger partial charge in [-0.3, -0.25) is 4.98 Å². The second-order valence-electron chi connectivity index (χ2n) is 7.64. The first-order chi connectivity index (χ1) is 16.4. The Bertz CT molecular complexity index is 1130. The third-order valence-corrected chi connectivity index (χ3v) is 5.66. The summed E-state index contributed by atoms with van der Waals surface area (Å²) in [5, 5.41) is 20.6. The Balaban J connectivity index is 1.70. The van der Waals surface area contributed by atoms with Crippen LogP contribution in [0.3, 0.4) is 0 Å². The number of aliphatic hydroxyl groups is 2. The average molecular weight is 522 g/mol. The topological polar surface area (TPSA) is 94.9 Å². The van der Waals surface area contributed by atoms with E-state index in [4.69, 9.17) is 21.4 Å². The van der Waals surface area contributed by atoms with Gasteiger partial charge in [-0.2, -0.15) is 22.0 Å². The van der Waals surface area contributed by atoms with Crippen molar-refractivity contribution >= 4 is 28.9 Å². The van der Waals surface area contributed by atoms with Crippen LogP contribution in [0.2, 0.25) is 5.02 Å². The smallest absolute Gasteiger partial charge is 0.419 e. The van der Waals surface area contributed by atoms with Crippen molar-refractivity contribution in [3.63, 3.8) is 0 Å². The quantitative estimate of drug-likeness (QED) is 0.486. The van der Waals surface area contributed by atoms with Crippen molar-refractivity contribution in [2.24, 2.45) is 0 Å². The highest BCUT2D eigenvalue weighted by Gasteiger charge is 2.41. The third-order valence-electron chi connectivity index (χ3n) is 5.38. The predicted molar refractivity (Wildman–Crippen MR) is 117 cm³/mol. The summed E-state index contributed by atoms with van der Waals surface area (Å²) < 4.78 is 72.0. The van der Waals surface area contributed by atoms with Gasteiger partial charge in [0.15, 0.2) is 0 Å². The fourth-order valence-corrected chi connectivity index (χ4v) is 3.73. The van der Waals surface area contributed by atoms with Gasteiger partial charge in [0, 0.05) is 36.6 Å². The average Bonchev–Trinajstić information content (AvgIpc) is 2.82. The SMILES string of the molecule is COc1cc(NC(=O)N2CC=C(c3ncc(C(F)(F)C(O)CO)cc3Cl)CC2)ccc1C(F)(F)F. The van der Waals surface area contributed by atoms with E-state index in [0.29, 0.717) is 5.57 Å². The van der Waals surface area contributed by atoms with E-state index in [1.54, 1.807) is 6.08 Å². The highest BCUT2D eigenvalue weighted by atomic mass is 35.5. The van der Waals surface area contributed by atoms with Crippen LogP contribution in [0, 0.1) is 0 Å². The number of methoxy groups -OCH3 is 1. The minimum absolute atomic E-state index is 0.0895. The zero-order chi connectivity index (χ0) is 26.0. The van der Waals surface area contributed by atoms with E-state index in [-0.39, 0.29) is 35.9 Å². The maximum absolute atomic E-state index is 14.1. The van der Waals surface area contributed by atoms with Crippen molar-refractivity contribution in [3.05, 3.63) is 58.4 Å². The number of rotatable bonds is 6. The summed E-state index contributed by atoms with van der Waals surface area (Å²) in [5.41, 5.74) is -0.675. The van der Waals surface area contributed by atoms with E-state index in [1.807, 2.05) is 0 Å². The molecular formula is C22H21ClF5N3O4. The fourth-order valence-electron chi connectivity index (χ4n) is 3.44. The number of aliphatic hydroxyl groups excluding tert-OH is 2. The standard InChI is InChI=1S/C22H21ClF5N3O4/c1-35-17-9-14(2-3-15(17)22(26,27)28)30-20(34)31-6-4-12(5-7-31)19-16(23)8-13(10-29-19)21(24,25)18(33)11-32/h2-4,8-10,18,32-33H,5-7,11H2,1H3,(H,30,34). The lowest BCUT2D eigenvalue weighted by Gasteiger charge is -2.27. The first kappa shape index (κ1) is 26.6. The van der Waals surface area contributed by atoms with E-state index in [0.717, 1.165) is 37.6 Å². The second kappa shape index (κ2) is 10.3. The molecule has 7 nitrogen and oxygen atoms in total. The Morgan fingerprint density at radius 1 is 1.29 bits per heavy atom. The molecule has 1 aliphatic heterocycles. The van der Waals surface area contributed by atoms with Crippen LogP contribution in [-0.2, 0) is 12.1 Å². The first-order valence-electron chi connectivity index (χ1n) is 10.2. The van der Waals surface area contributed by atoms with Gasteiger partial charge in [-0.15, -0.1) is 0 Å². The van der Waals surface area contributed by atoms with Gasteiger partial charge in [0.1, 0.15) is 11.9 Å². The van der Waals surface area contributed by atoms with Crippen molar-refractivity contribution in [3.8, 4) is 5.75 Å². The Kier molecular flexibility index (Phi) is 7.87. The number of carbonyl (C=O) groups excluding carboxylic acids is 1. The van der Waals surface area contributed by atoms with Crippen LogP contribution in [0.1, 0.15) is 23.2 Å². The summed E-state index contributed by atoms with van der Waals surface area (Å²) in [7, 11) is 1.09. The molecule has 0 saturated heterocycles. The first-order valence-corrected chi connectivity index (χ1v) is 10.6. The third kappa shape index (κ3) is 5.82. The number of nitrogens with one attached hydrogen (secondary N) is 1. The molecule has 0 radical (unpaired) electrons. The predicted octanol–water partition coefficient (Wildman–Crippen LogP) is 4.53. The largest absolute Gasteiger partial charge is 0.496 e. The molecule has 1 atom stereocenters. The molecule has 1 aliphatic rings. The summed E-state index contributed by atoms with van der Waals surface area (Å²) in [6.07, 6.45) is -4.14. The van der Waals surface area contributed by atoms with Crippen LogP contribution in [0.4, 0.5) is 32.4 Å². The van der Waals surface area contributed by atoms with E-state index in [2.05, 4.69) is 10.3 Å². The van der Waals surface area contributed by atoms with Crippen molar-refractivity contribution in [2.45, 2.75) is 24.6 Å². The number of carbonyl (C=O) groups is 1. The van der Waals surface area contributed by atoms with Crippen LogP contribution in [0.5, 0.6) is 5.75 Å². The lowest BCUT2D eigenvalue weighted by atomic mass is 10.0. The van der Waals surface area contributed by atoms with Crippen LogP contribution >= 0.6 is 11.6 Å². The molecular weight excluding hydrogens is 501 g/mol. The summed E-state index contributed by atoms with van der Waals surface area (Å²) in [6, 6.07) is 3.39. The van der Waals surface area contributed by atoms with Crippen LogP contribution in [-0.4, -0.2) is 59.0 Å². The number of urea groups is 1. The van der Waals surface area contributed by atoms with Gasteiger partial charge >= 0.3 is 18.1 Å². The summed E-state index contributed by atoms with van der Waals surface area (Å²) in [5.74, 6) is -4.18. The Labute approximate surface area is 201 Å². The molecule has 2 heterocycles. The molecule has 1 aromatic heterocycles. The van der Waals surface area contributed by atoms with Gasteiger partial charge in [0.25, 0.3) is 0 Å². The molecule has 13 heteroatoms.